The third-order valence-corrected chi connectivity index (χ3v) is 4.70. The highest BCUT2D eigenvalue weighted by Crippen LogP contribution is 2.23. The summed E-state index contributed by atoms with van der Waals surface area (Å²) in [7, 11) is 2.16. The third-order valence-electron chi connectivity index (χ3n) is 3.60. The molecule has 0 saturated heterocycles. The number of rotatable bonds is 7. The number of nitrogens with zero attached hydrogens (tertiary/aromatic N) is 1. The summed E-state index contributed by atoms with van der Waals surface area (Å²) in [5.74, 6) is 1.02. The van der Waals surface area contributed by atoms with Gasteiger partial charge in [-0.15, -0.1) is 11.3 Å². The van der Waals surface area contributed by atoms with Gasteiger partial charge in [0.15, 0.2) is 0 Å². The summed E-state index contributed by atoms with van der Waals surface area (Å²) in [5.41, 5.74) is 2.70. The fourth-order valence-electron chi connectivity index (χ4n) is 2.35. The number of nitrogens with one attached hydrogen (secondary N) is 1. The first-order valence-electron chi connectivity index (χ1n) is 7.48. The zero-order valence-electron chi connectivity index (χ0n) is 13.7. The molecule has 0 bridgehead atoms. The largest absolute Gasteiger partial charge is 0.469 e. The molecule has 0 unspecified atom stereocenters. The van der Waals surface area contributed by atoms with E-state index in [1.54, 1.807) is 6.26 Å². The van der Waals surface area contributed by atoms with Gasteiger partial charge in [0.25, 0.3) is 0 Å². The third kappa shape index (κ3) is 4.70. The summed E-state index contributed by atoms with van der Waals surface area (Å²) >= 11 is 1.90. The van der Waals surface area contributed by atoms with E-state index in [-0.39, 0.29) is 0 Å². The predicted molar refractivity (Wildman–Crippen MR) is 89.6 cm³/mol. The Hall–Kier alpha value is -1.10. The van der Waals surface area contributed by atoms with E-state index in [1.165, 1.54) is 20.9 Å². The van der Waals surface area contributed by atoms with Gasteiger partial charge in [-0.2, -0.15) is 0 Å². The molecule has 0 aromatic carbocycles. The molecule has 0 spiro atoms. The van der Waals surface area contributed by atoms with Crippen LogP contribution in [0.4, 0.5) is 0 Å². The van der Waals surface area contributed by atoms with Crippen LogP contribution in [-0.4, -0.2) is 18.0 Å². The van der Waals surface area contributed by atoms with Gasteiger partial charge in [0.2, 0.25) is 0 Å². The first-order valence-corrected chi connectivity index (χ1v) is 8.30. The van der Waals surface area contributed by atoms with Gasteiger partial charge in [-0.25, -0.2) is 0 Å². The van der Waals surface area contributed by atoms with Crippen LogP contribution < -0.4 is 5.32 Å². The van der Waals surface area contributed by atoms with Crippen molar-refractivity contribution in [2.45, 2.75) is 53.4 Å². The lowest BCUT2D eigenvalue weighted by molar-refractivity contribution is 0.316. The maximum Gasteiger partial charge on any atom is 0.105 e. The Morgan fingerprint density at radius 3 is 2.57 bits per heavy atom. The lowest BCUT2D eigenvalue weighted by Crippen LogP contribution is -2.21. The zero-order chi connectivity index (χ0) is 15.4. The molecule has 3 nitrogen and oxygen atoms in total. The van der Waals surface area contributed by atoms with Gasteiger partial charge in [-0.05, 0) is 38.6 Å². The molecule has 2 rings (SSSR count). The Balaban J connectivity index is 1.94. The minimum absolute atomic E-state index is 0.530. The summed E-state index contributed by atoms with van der Waals surface area (Å²) in [4.78, 5) is 5.18. The minimum Gasteiger partial charge on any atom is -0.469 e. The molecular weight excluding hydrogens is 280 g/mol. The SMILES string of the molecule is Cc1occc1CN(C)Cc1cc(CNC(C)C)sc1C. The van der Waals surface area contributed by atoms with Gasteiger partial charge in [-0.1, -0.05) is 13.8 Å². The van der Waals surface area contributed by atoms with Crippen molar-refractivity contribution in [3.8, 4) is 0 Å². The first kappa shape index (κ1) is 16.3. The number of furan rings is 1. The average Bonchev–Trinajstić information content (AvgIpc) is 2.95. The molecule has 2 heterocycles. The molecule has 0 radical (unpaired) electrons. The normalized spacial score (nSPS) is 11.8. The summed E-state index contributed by atoms with van der Waals surface area (Å²) in [6, 6.07) is 4.93. The van der Waals surface area contributed by atoms with Crippen LogP contribution in [-0.2, 0) is 19.6 Å². The van der Waals surface area contributed by atoms with E-state index in [9.17, 15) is 0 Å². The van der Waals surface area contributed by atoms with Crippen molar-refractivity contribution in [2.75, 3.05) is 7.05 Å². The van der Waals surface area contributed by atoms with Gasteiger partial charge >= 0.3 is 0 Å². The molecule has 0 aliphatic heterocycles. The molecule has 0 aliphatic carbocycles. The smallest absolute Gasteiger partial charge is 0.105 e. The molecule has 0 atom stereocenters. The molecule has 0 amide bonds. The van der Waals surface area contributed by atoms with E-state index in [0.717, 1.165) is 25.4 Å². The molecule has 1 N–H and O–H groups in total. The highest BCUT2D eigenvalue weighted by molar-refractivity contribution is 7.12. The van der Waals surface area contributed by atoms with E-state index >= 15 is 0 Å². The number of aryl methyl sites for hydroxylation is 2. The number of thiophene rings is 1. The lowest BCUT2D eigenvalue weighted by Gasteiger charge is -2.16. The second kappa shape index (κ2) is 7.25. The summed E-state index contributed by atoms with van der Waals surface area (Å²) in [6.07, 6.45) is 1.77. The average molecular weight is 306 g/mol. The van der Waals surface area contributed by atoms with Crippen molar-refractivity contribution in [2.24, 2.45) is 0 Å². The highest BCUT2D eigenvalue weighted by Gasteiger charge is 2.10. The van der Waals surface area contributed by atoms with Crippen LogP contribution in [0.25, 0.3) is 0 Å². The van der Waals surface area contributed by atoms with Gasteiger partial charge in [-0.3, -0.25) is 4.90 Å². The highest BCUT2D eigenvalue weighted by atomic mass is 32.1. The van der Waals surface area contributed by atoms with Crippen LogP contribution in [0.15, 0.2) is 22.8 Å². The monoisotopic (exact) mass is 306 g/mol. The second-order valence-corrected chi connectivity index (χ2v) is 7.34. The molecule has 0 fully saturated rings. The van der Waals surface area contributed by atoms with E-state index in [2.05, 4.69) is 50.2 Å². The Morgan fingerprint density at radius 2 is 1.95 bits per heavy atom. The van der Waals surface area contributed by atoms with Crippen LogP contribution in [0.5, 0.6) is 0 Å². The molecule has 0 saturated carbocycles. The minimum atomic E-state index is 0.530. The molecule has 0 aliphatic rings. The predicted octanol–water partition coefficient (Wildman–Crippen LogP) is 4.09. The standard InChI is InChI=1S/C17H26N2OS/c1-12(2)18-9-17-8-16(14(4)21-17)11-19(5)10-15-6-7-20-13(15)3/h6-8,12,18H,9-11H2,1-5H3. The number of hydrogen-bond donors (Lipinski definition) is 1. The molecule has 21 heavy (non-hydrogen) atoms. The number of hydrogen-bond acceptors (Lipinski definition) is 4. The van der Waals surface area contributed by atoms with Gasteiger partial charge in [0.05, 0.1) is 6.26 Å². The van der Waals surface area contributed by atoms with Gasteiger partial charge in [0.1, 0.15) is 5.76 Å². The first-order chi connectivity index (χ1) is 9.95. The van der Waals surface area contributed by atoms with Gasteiger partial charge in [0, 0.05) is 41.0 Å². The summed E-state index contributed by atoms with van der Waals surface area (Å²) in [5, 5.41) is 3.48. The molecule has 4 heteroatoms. The Bertz CT molecular complexity index is 571. The maximum absolute atomic E-state index is 5.36. The van der Waals surface area contributed by atoms with Crippen molar-refractivity contribution >= 4 is 11.3 Å². The van der Waals surface area contributed by atoms with Crippen LogP contribution in [0, 0.1) is 13.8 Å². The van der Waals surface area contributed by atoms with E-state index in [4.69, 9.17) is 4.42 Å². The topological polar surface area (TPSA) is 28.4 Å². The summed E-state index contributed by atoms with van der Waals surface area (Å²) in [6.45, 7) is 11.5. The lowest BCUT2D eigenvalue weighted by atomic mass is 10.2. The Kier molecular flexibility index (Phi) is 5.62. The fourth-order valence-corrected chi connectivity index (χ4v) is 3.35. The fraction of sp³-hybridized carbons (Fsp3) is 0.529. The maximum atomic E-state index is 5.36. The van der Waals surface area contributed by atoms with Crippen molar-refractivity contribution in [3.05, 3.63) is 45.0 Å². The second-order valence-electron chi connectivity index (χ2n) is 6.00. The zero-order valence-corrected chi connectivity index (χ0v) is 14.5. The van der Waals surface area contributed by atoms with Crippen molar-refractivity contribution < 1.29 is 4.42 Å². The van der Waals surface area contributed by atoms with Gasteiger partial charge < -0.3 is 9.73 Å². The molecule has 2 aromatic heterocycles. The van der Waals surface area contributed by atoms with Crippen LogP contribution in [0.3, 0.4) is 0 Å². The Labute approximate surface area is 132 Å². The molecule has 2 aromatic rings. The van der Waals surface area contributed by atoms with E-state index < -0.39 is 0 Å². The van der Waals surface area contributed by atoms with Crippen LogP contribution in [0.1, 0.15) is 40.5 Å². The summed E-state index contributed by atoms with van der Waals surface area (Å²) < 4.78 is 5.36. The van der Waals surface area contributed by atoms with Crippen molar-refractivity contribution in [1.29, 1.82) is 0 Å². The van der Waals surface area contributed by atoms with E-state index in [0.29, 0.717) is 6.04 Å². The van der Waals surface area contributed by atoms with Crippen molar-refractivity contribution in [1.82, 2.24) is 10.2 Å². The van der Waals surface area contributed by atoms with E-state index in [1.807, 2.05) is 18.3 Å². The quantitative estimate of drug-likeness (QED) is 0.835. The molecular formula is C17H26N2OS. The van der Waals surface area contributed by atoms with Crippen LogP contribution in [0.2, 0.25) is 0 Å². The van der Waals surface area contributed by atoms with Crippen molar-refractivity contribution in [3.63, 3.8) is 0 Å². The molecule has 116 valence electrons. The Morgan fingerprint density at radius 1 is 1.24 bits per heavy atom. The van der Waals surface area contributed by atoms with Crippen LogP contribution >= 0.6 is 11.3 Å².